The average molecular weight is 202 g/mol. The summed E-state index contributed by atoms with van der Waals surface area (Å²) in [7, 11) is 0. The van der Waals surface area contributed by atoms with E-state index in [1.807, 2.05) is 0 Å². The molecule has 0 aliphatic rings. The standard InChI is InChI=1S/C8H7ClO2S/c9-8-4-2-1-3-7(8)5-6-12(10)11/h1-6H,(H,10,11)/p-1. The highest BCUT2D eigenvalue weighted by Gasteiger charge is 1.91. The third kappa shape index (κ3) is 2.77. The van der Waals surface area contributed by atoms with E-state index in [2.05, 4.69) is 0 Å². The molecular formula is C8H6ClO2S-. The minimum Gasteiger partial charge on any atom is -0.769 e. The van der Waals surface area contributed by atoms with Crippen molar-refractivity contribution in [3.8, 4) is 0 Å². The molecule has 1 aromatic carbocycles. The van der Waals surface area contributed by atoms with Gasteiger partial charge < -0.3 is 4.55 Å². The number of rotatable bonds is 2. The SMILES string of the molecule is O=S([O-])C=Cc1ccccc1Cl. The largest absolute Gasteiger partial charge is 0.769 e. The van der Waals surface area contributed by atoms with Crippen molar-refractivity contribution in [3.63, 3.8) is 0 Å². The van der Waals surface area contributed by atoms with Gasteiger partial charge >= 0.3 is 0 Å². The molecule has 0 heterocycles. The third-order valence-corrected chi connectivity index (χ3v) is 1.97. The van der Waals surface area contributed by atoms with Crippen LogP contribution < -0.4 is 0 Å². The van der Waals surface area contributed by atoms with Gasteiger partial charge in [-0.25, -0.2) is 0 Å². The second-order valence-electron chi connectivity index (χ2n) is 2.08. The molecule has 0 saturated carbocycles. The summed E-state index contributed by atoms with van der Waals surface area (Å²) in [6.45, 7) is 0. The van der Waals surface area contributed by atoms with Gasteiger partial charge in [-0.3, -0.25) is 4.21 Å². The molecule has 0 N–H and O–H groups in total. The Hall–Kier alpha value is -0.640. The Balaban J connectivity index is 2.89. The van der Waals surface area contributed by atoms with E-state index < -0.39 is 11.1 Å². The van der Waals surface area contributed by atoms with Crippen molar-refractivity contribution in [1.29, 1.82) is 0 Å². The van der Waals surface area contributed by atoms with Gasteiger partial charge in [0.25, 0.3) is 0 Å². The Labute approximate surface area is 78.2 Å². The summed E-state index contributed by atoms with van der Waals surface area (Å²) in [5, 5.41) is 1.60. The molecule has 1 rings (SSSR count). The van der Waals surface area contributed by atoms with Crippen LogP contribution in [0.15, 0.2) is 29.7 Å². The van der Waals surface area contributed by atoms with Gasteiger partial charge in [0.15, 0.2) is 0 Å². The van der Waals surface area contributed by atoms with Crippen molar-refractivity contribution in [2.75, 3.05) is 0 Å². The van der Waals surface area contributed by atoms with Gasteiger partial charge in [0.1, 0.15) is 0 Å². The van der Waals surface area contributed by atoms with Crippen molar-refractivity contribution in [2.45, 2.75) is 0 Å². The summed E-state index contributed by atoms with van der Waals surface area (Å²) in [5.74, 6) is 0. The molecule has 0 aromatic heterocycles. The predicted molar refractivity (Wildman–Crippen MR) is 49.4 cm³/mol. The van der Waals surface area contributed by atoms with E-state index in [4.69, 9.17) is 11.6 Å². The number of benzene rings is 1. The highest BCUT2D eigenvalue weighted by Crippen LogP contribution is 2.16. The number of hydrogen-bond donors (Lipinski definition) is 0. The Morgan fingerprint density at radius 2 is 2.08 bits per heavy atom. The van der Waals surface area contributed by atoms with Gasteiger partial charge in [-0.1, -0.05) is 29.8 Å². The fraction of sp³-hybridized carbons (Fsp3) is 0. The Kier molecular flexibility index (Phi) is 3.47. The van der Waals surface area contributed by atoms with Crippen molar-refractivity contribution in [2.24, 2.45) is 0 Å². The van der Waals surface area contributed by atoms with Gasteiger partial charge in [0.2, 0.25) is 0 Å². The first-order valence-electron chi connectivity index (χ1n) is 3.21. The summed E-state index contributed by atoms with van der Waals surface area (Å²) in [6, 6.07) is 7.02. The van der Waals surface area contributed by atoms with Gasteiger partial charge in [-0.2, -0.15) is 0 Å². The van der Waals surface area contributed by atoms with Crippen LogP contribution in [0, 0.1) is 0 Å². The summed E-state index contributed by atoms with van der Waals surface area (Å²) in [4.78, 5) is 0. The molecule has 4 heteroatoms. The maximum absolute atomic E-state index is 10.2. The minimum absolute atomic E-state index is 0.541. The van der Waals surface area contributed by atoms with Crippen LogP contribution >= 0.6 is 11.6 Å². The molecule has 0 aliphatic heterocycles. The number of halogens is 1. The molecule has 0 bridgehead atoms. The molecule has 2 nitrogen and oxygen atoms in total. The lowest BCUT2D eigenvalue weighted by atomic mass is 10.2. The van der Waals surface area contributed by atoms with Gasteiger partial charge in [0.05, 0.1) is 0 Å². The lowest BCUT2D eigenvalue weighted by molar-refractivity contribution is 0.546. The highest BCUT2D eigenvalue weighted by atomic mass is 35.5. The molecule has 12 heavy (non-hydrogen) atoms. The van der Waals surface area contributed by atoms with Crippen LogP contribution in [0.4, 0.5) is 0 Å². The molecule has 1 aromatic rings. The van der Waals surface area contributed by atoms with Gasteiger partial charge in [-0.05, 0) is 34.2 Å². The molecule has 0 spiro atoms. The fourth-order valence-electron chi connectivity index (χ4n) is 0.739. The van der Waals surface area contributed by atoms with E-state index in [0.717, 1.165) is 5.41 Å². The molecule has 0 saturated heterocycles. The molecule has 0 aliphatic carbocycles. The molecule has 0 fully saturated rings. The second-order valence-corrected chi connectivity index (χ2v) is 3.29. The van der Waals surface area contributed by atoms with Crippen LogP contribution in [-0.2, 0) is 11.1 Å². The first kappa shape index (κ1) is 9.45. The molecule has 1 atom stereocenters. The Morgan fingerprint density at radius 1 is 1.42 bits per heavy atom. The van der Waals surface area contributed by atoms with Gasteiger partial charge in [0, 0.05) is 5.02 Å². The van der Waals surface area contributed by atoms with E-state index in [9.17, 15) is 8.76 Å². The maximum Gasteiger partial charge on any atom is 0.0478 e. The highest BCUT2D eigenvalue weighted by molar-refractivity contribution is 7.82. The van der Waals surface area contributed by atoms with E-state index in [1.54, 1.807) is 24.3 Å². The normalized spacial score (nSPS) is 13.5. The summed E-state index contributed by atoms with van der Waals surface area (Å²) < 4.78 is 20.3. The first-order chi connectivity index (χ1) is 5.70. The zero-order valence-electron chi connectivity index (χ0n) is 6.07. The smallest absolute Gasteiger partial charge is 0.0478 e. The van der Waals surface area contributed by atoms with Crippen LogP contribution in [0.2, 0.25) is 5.02 Å². The molecular weight excluding hydrogens is 196 g/mol. The zero-order chi connectivity index (χ0) is 8.97. The average Bonchev–Trinajstić information content (AvgIpc) is 2.03. The van der Waals surface area contributed by atoms with Crippen LogP contribution in [0.5, 0.6) is 0 Å². The lowest BCUT2D eigenvalue weighted by Gasteiger charge is -1.97. The van der Waals surface area contributed by atoms with Crippen LogP contribution in [-0.4, -0.2) is 8.76 Å². The maximum atomic E-state index is 10.2. The minimum atomic E-state index is -2.16. The monoisotopic (exact) mass is 201 g/mol. The summed E-state index contributed by atoms with van der Waals surface area (Å²) >= 11 is 3.59. The van der Waals surface area contributed by atoms with Gasteiger partial charge in [-0.15, -0.1) is 0 Å². The van der Waals surface area contributed by atoms with E-state index >= 15 is 0 Å². The van der Waals surface area contributed by atoms with Crippen molar-refractivity contribution in [1.82, 2.24) is 0 Å². The quantitative estimate of drug-likeness (QED) is 0.689. The Morgan fingerprint density at radius 3 is 2.67 bits per heavy atom. The zero-order valence-corrected chi connectivity index (χ0v) is 7.64. The van der Waals surface area contributed by atoms with E-state index in [0.29, 0.717) is 10.6 Å². The van der Waals surface area contributed by atoms with Crippen molar-refractivity contribution < 1.29 is 8.76 Å². The topological polar surface area (TPSA) is 40.1 Å². The van der Waals surface area contributed by atoms with Crippen LogP contribution in [0.1, 0.15) is 5.56 Å². The first-order valence-corrected chi connectivity index (χ1v) is 4.72. The van der Waals surface area contributed by atoms with Crippen LogP contribution in [0.25, 0.3) is 6.08 Å². The predicted octanol–water partition coefficient (Wildman–Crippen LogP) is 2.19. The summed E-state index contributed by atoms with van der Waals surface area (Å²) in [6.07, 6.45) is 1.45. The Bertz CT molecular complexity index is 323. The molecule has 0 radical (unpaired) electrons. The lowest BCUT2D eigenvalue weighted by Crippen LogP contribution is -1.78. The van der Waals surface area contributed by atoms with Crippen molar-refractivity contribution >= 4 is 28.8 Å². The third-order valence-electron chi connectivity index (χ3n) is 1.26. The van der Waals surface area contributed by atoms with E-state index in [-0.39, 0.29) is 0 Å². The van der Waals surface area contributed by atoms with E-state index in [1.165, 1.54) is 6.08 Å². The fourth-order valence-corrected chi connectivity index (χ4v) is 1.20. The molecule has 0 amide bonds. The van der Waals surface area contributed by atoms with Crippen molar-refractivity contribution in [3.05, 3.63) is 40.3 Å². The number of hydrogen-bond acceptors (Lipinski definition) is 2. The van der Waals surface area contributed by atoms with Crippen LogP contribution in [0.3, 0.4) is 0 Å². The summed E-state index contributed by atoms with van der Waals surface area (Å²) in [5.41, 5.74) is 0.698. The second kappa shape index (κ2) is 4.40. The molecule has 1 unspecified atom stereocenters. The molecule has 64 valence electrons.